The summed E-state index contributed by atoms with van der Waals surface area (Å²) in [6.07, 6.45) is 2.84. The molecule has 2 atom stereocenters. The van der Waals surface area contributed by atoms with E-state index in [-0.39, 0.29) is 41.5 Å². The van der Waals surface area contributed by atoms with Gasteiger partial charge in [-0.25, -0.2) is 18.7 Å². The highest BCUT2D eigenvalue weighted by molar-refractivity contribution is 5.87. The summed E-state index contributed by atoms with van der Waals surface area (Å²) in [7, 11) is 2.09. The fourth-order valence-electron chi connectivity index (χ4n) is 3.80. The average Bonchev–Trinajstić information content (AvgIpc) is 3.30. The average molecular weight is 510 g/mol. The first-order chi connectivity index (χ1) is 17.2. The number of fused-ring (bicyclic) bond motifs is 1. The molecule has 0 saturated carbocycles. The van der Waals surface area contributed by atoms with Gasteiger partial charge in [0.05, 0.1) is 39.1 Å². The van der Waals surface area contributed by atoms with Gasteiger partial charge in [-0.15, -0.1) is 0 Å². The van der Waals surface area contributed by atoms with E-state index in [9.17, 15) is 13.6 Å². The molecule has 0 aliphatic carbocycles. The molecule has 4 rings (SSSR count). The van der Waals surface area contributed by atoms with E-state index in [0.29, 0.717) is 13.0 Å². The van der Waals surface area contributed by atoms with Crippen LogP contribution in [0.4, 0.5) is 23.4 Å². The van der Waals surface area contributed by atoms with Gasteiger partial charge < -0.3 is 29.3 Å². The highest BCUT2D eigenvalue weighted by atomic mass is 19.3. The molecule has 2 aromatic heterocycles. The van der Waals surface area contributed by atoms with Crippen molar-refractivity contribution in [3.8, 4) is 11.5 Å². The van der Waals surface area contributed by atoms with Gasteiger partial charge in [0.2, 0.25) is 5.91 Å². The molecule has 13 heteroatoms. The minimum absolute atomic E-state index is 0.0673. The number of benzene rings is 1. The van der Waals surface area contributed by atoms with Crippen molar-refractivity contribution in [3.63, 3.8) is 0 Å². The maximum absolute atomic E-state index is 15.3. The Balaban J connectivity index is 1.66. The van der Waals surface area contributed by atoms with E-state index in [1.807, 2.05) is 0 Å². The molecule has 1 aliphatic rings. The van der Waals surface area contributed by atoms with Crippen LogP contribution in [0.2, 0.25) is 0 Å². The second-order valence-electron chi connectivity index (χ2n) is 7.85. The maximum atomic E-state index is 15.3. The number of pyridine rings is 1. The predicted molar refractivity (Wildman–Crippen MR) is 119 cm³/mol. The van der Waals surface area contributed by atoms with Crippen LogP contribution in [-0.4, -0.2) is 55.4 Å². The molecule has 0 radical (unpaired) electrons. The number of hydrogen-bond donors (Lipinski definition) is 2. The van der Waals surface area contributed by atoms with Crippen LogP contribution in [0.5, 0.6) is 11.5 Å². The molecule has 3 aromatic rings. The molecular weight excluding hydrogens is 488 g/mol. The SMILES string of the molecule is C=CC(=O)NC1CCOCC1Nc1cc2oc(C(F)(F)c3c(F)c(OC)cc(OC)c3F)nc2cn1. The Hall–Kier alpha value is -3.87. The highest BCUT2D eigenvalue weighted by Crippen LogP contribution is 2.44. The van der Waals surface area contributed by atoms with Gasteiger partial charge in [0.25, 0.3) is 5.89 Å². The zero-order chi connectivity index (χ0) is 26.0. The normalized spacial score (nSPS) is 18.1. The van der Waals surface area contributed by atoms with E-state index < -0.39 is 40.5 Å². The number of nitrogens with one attached hydrogen (secondary N) is 2. The molecule has 3 heterocycles. The van der Waals surface area contributed by atoms with Crippen LogP contribution in [0.1, 0.15) is 17.9 Å². The maximum Gasteiger partial charge on any atom is 0.353 e. The van der Waals surface area contributed by atoms with Crippen molar-refractivity contribution in [2.45, 2.75) is 24.4 Å². The van der Waals surface area contributed by atoms with Gasteiger partial charge in [0, 0.05) is 18.7 Å². The van der Waals surface area contributed by atoms with Gasteiger partial charge in [0.1, 0.15) is 16.9 Å². The number of carbonyl (C=O) groups is 1. The van der Waals surface area contributed by atoms with E-state index in [4.69, 9.17) is 18.6 Å². The highest BCUT2D eigenvalue weighted by Gasteiger charge is 2.47. The molecule has 2 N–H and O–H groups in total. The summed E-state index contributed by atoms with van der Waals surface area (Å²) in [5.41, 5.74) is -1.81. The van der Waals surface area contributed by atoms with Gasteiger partial charge in [0.15, 0.2) is 28.7 Å². The number of oxazole rings is 1. The summed E-state index contributed by atoms with van der Waals surface area (Å²) in [6.45, 7) is 4.11. The molecule has 1 fully saturated rings. The van der Waals surface area contributed by atoms with Crippen LogP contribution >= 0.6 is 0 Å². The number of hydrogen-bond acceptors (Lipinski definition) is 8. The zero-order valence-electron chi connectivity index (χ0n) is 19.2. The van der Waals surface area contributed by atoms with Crippen LogP contribution in [-0.2, 0) is 15.5 Å². The van der Waals surface area contributed by atoms with Crippen LogP contribution in [0.25, 0.3) is 11.1 Å². The molecule has 1 amide bonds. The second-order valence-corrected chi connectivity index (χ2v) is 7.85. The summed E-state index contributed by atoms with van der Waals surface area (Å²) >= 11 is 0. The van der Waals surface area contributed by atoms with Gasteiger partial charge in [-0.1, -0.05) is 6.58 Å². The Bertz CT molecular complexity index is 1270. The van der Waals surface area contributed by atoms with Gasteiger partial charge >= 0.3 is 5.92 Å². The first kappa shape index (κ1) is 25.2. The molecule has 0 bridgehead atoms. The molecule has 2 unspecified atom stereocenters. The number of nitrogens with zero attached hydrogens (tertiary/aromatic N) is 2. The number of aromatic nitrogens is 2. The van der Waals surface area contributed by atoms with Crippen molar-refractivity contribution in [1.29, 1.82) is 0 Å². The predicted octanol–water partition coefficient (Wildman–Crippen LogP) is 3.53. The fourth-order valence-corrected chi connectivity index (χ4v) is 3.80. The fraction of sp³-hybridized carbons (Fsp3) is 0.348. The van der Waals surface area contributed by atoms with Crippen molar-refractivity contribution >= 4 is 22.8 Å². The lowest BCUT2D eigenvalue weighted by atomic mass is 10.0. The number of carbonyl (C=O) groups excluding carboxylic acids is 1. The van der Waals surface area contributed by atoms with Gasteiger partial charge in [-0.05, 0) is 12.5 Å². The van der Waals surface area contributed by atoms with E-state index in [2.05, 4.69) is 27.2 Å². The Morgan fingerprint density at radius 1 is 1.19 bits per heavy atom. The lowest BCUT2D eigenvalue weighted by Crippen LogP contribution is -2.52. The van der Waals surface area contributed by atoms with Crippen LogP contribution in [0.3, 0.4) is 0 Å². The molecule has 0 spiro atoms. The van der Waals surface area contributed by atoms with Crippen molar-refractivity contribution in [1.82, 2.24) is 15.3 Å². The monoisotopic (exact) mass is 510 g/mol. The van der Waals surface area contributed by atoms with Gasteiger partial charge in [-0.2, -0.15) is 8.78 Å². The summed E-state index contributed by atoms with van der Waals surface area (Å²) in [5, 5.41) is 5.86. The number of rotatable bonds is 8. The standard InChI is InChI=1S/C23H22F4N4O5/c1-4-18(32)30-11-5-6-35-10-13(11)29-17-8-14-12(9-28-17)31-22(36-14)23(26,27)19-20(24)15(33-2)7-16(34-3)21(19)25/h4,7-9,11,13H,1,5-6,10H2,2-3H3,(H,28,29)(H,30,32). The summed E-state index contributed by atoms with van der Waals surface area (Å²) < 4.78 is 80.2. The largest absolute Gasteiger partial charge is 0.494 e. The number of ether oxygens (including phenoxy) is 3. The van der Waals surface area contributed by atoms with E-state index in [1.165, 1.54) is 12.3 Å². The van der Waals surface area contributed by atoms with E-state index >= 15 is 8.78 Å². The lowest BCUT2D eigenvalue weighted by Gasteiger charge is -2.32. The third-order valence-corrected chi connectivity index (χ3v) is 5.63. The third-order valence-electron chi connectivity index (χ3n) is 5.63. The molecule has 9 nitrogen and oxygen atoms in total. The molecular formula is C23H22F4N4O5. The molecule has 192 valence electrons. The lowest BCUT2D eigenvalue weighted by molar-refractivity contribution is -0.117. The van der Waals surface area contributed by atoms with Gasteiger partial charge in [-0.3, -0.25) is 4.79 Å². The Kier molecular flexibility index (Phi) is 7.02. The van der Waals surface area contributed by atoms with Crippen LogP contribution in [0.15, 0.2) is 35.4 Å². The molecule has 1 aliphatic heterocycles. The minimum atomic E-state index is -4.32. The number of amides is 1. The topological polar surface area (TPSA) is 108 Å². The second kappa shape index (κ2) is 10.0. The quantitative estimate of drug-likeness (QED) is 0.350. The Labute approximate surface area is 202 Å². The summed E-state index contributed by atoms with van der Waals surface area (Å²) in [6, 6.07) is 1.44. The van der Waals surface area contributed by atoms with Crippen LogP contribution < -0.4 is 20.1 Å². The smallest absolute Gasteiger partial charge is 0.353 e. The summed E-state index contributed by atoms with van der Waals surface area (Å²) in [4.78, 5) is 19.5. The number of halogens is 4. The van der Waals surface area contributed by atoms with Crippen molar-refractivity contribution < 1.29 is 41.0 Å². The van der Waals surface area contributed by atoms with E-state index in [0.717, 1.165) is 26.4 Å². The minimum Gasteiger partial charge on any atom is -0.494 e. The number of alkyl halides is 2. The first-order valence-electron chi connectivity index (χ1n) is 10.7. The molecule has 1 aromatic carbocycles. The van der Waals surface area contributed by atoms with Crippen LogP contribution in [0, 0.1) is 11.6 Å². The number of methoxy groups -OCH3 is 2. The molecule has 1 saturated heterocycles. The summed E-state index contributed by atoms with van der Waals surface area (Å²) in [5.74, 6) is -10.2. The molecule has 36 heavy (non-hydrogen) atoms. The Morgan fingerprint density at radius 2 is 1.89 bits per heavy atom. The third kappa shape index (κ3) is 4.65. The first-order valence-corrected chi connectivity index (χ1v) is 10.7. The number of anilines is 1. The van der Waals surface area contributed by atoms with Crippen molar-refractivity contribution in [3.05, 3.63) is 54.1 Å². The van der Waals surface area contributed by atoms with Crippen molar-refractivity contribution in [2.75, 3.05) is 32.8 Å². The van der Waals surface area contributed by atoms with Crippen molar-refractivity contribution in [2.24, 2.45) is 0 Å². The van der Waals surface area contributed by atoms with E-state index in [1.54, 1.807) is 0 Å². The Morgan fingerprint density at radius 3 is 2.53 bits per heavy atom. The zero-order valence-corrected chi connectivity index (χ0v) is 19.2.